The van der Waals surface area contributed by atoms with Crippen molar-refractivity contribution in [2.45, 2.75) is 38.6 Å². The van der Waals surface area contributed by atoms with E-state index in [2.05, 4.69) is 10.0 Å². The molecule has 0 spiro atoms. The first-order chi connectivity index (χ1) is 13.7. The second-order valence-corrected chi connectivity index (χ2v) is 9.46. The number of unbranched alkanes of at least 4 members (excludes halogenated alkanes) is 1. The van der Waals surface area contributed by atoms with E-state index in [1.807, 2.05) is 0 Å². The van der Waals surface area contributed by atoms with Crippen molar-refractivity contribution >= 4 is 22.0 Å². The maximum absolute atomic E-state index is 13.9. The number of imide groups is 1. The van der Waals surface area contributed by atoms with Crippen LogP contribution >= 0.6 is 0 Å². The van der Waals surface area contributed by atoms with Crippen molar-refractivity contribution in [2.24, 2.45) is 5.92 Å². The van der Waals surface area contributed by atoms with Gasteiger partial charge in [0.15, 0.2) is 11.6 Å². The van der Waals surface area contributed by atoms with Gasteiger partial charge in [-0.3, -0.25) is 10.1 Å². The van der Waals surface area contributed by atoms with Crippen LogP contribution in [0.2, 0.25) is 0 Å². The van der Waals surface area contributed by atoms with E-state index in [4.69, 9.17) is 4.74 Å². The molecular formula is C19H26FN3O5S. The first-order valence-corrected chi connectivity index (χ1v) is 11.4. The van der Waals surface area contributed by atoms with Crippen molar-refractivity contribution < 1.29 is 27.1 Å². The predicted octanol–water partition coefficient (Wildman–Crippen LogP) is 1.93. The van der Waals surface area contributed by atoms with Crippen molar-refractivity contribution in [3.8, 4) is 5.75 Å². The lowest BCUT2D eigenvalue weighted by atomic mass is 10.1. The average Bonchev–Trinajstić information content (AvgIpc) is 3.41. The quantitative estimate of drug-likeness (QED) is 0.415. The van der Waals surface area contributed by atoms with Gasteiger partial charge in [0, 0.05) is 12.6 Å². The molecule has 0 bridgehead atoms. The van der Waals surface area contributed by atoms with Gasteiger partial charge >= 0.3 is 6.03 Å². The van der Waals surface area contributed by atoms with Crippen molar-refractivity contribution in [3.05, 3.63) is 29.6 Å². The van der Waals surface area contributed by atoms with Gasteiger partial charge in [-0.05, 0) is 56.2 Å². The van der Waals surface area contributed by atoms with E-state index in [9.17, 15) is 22.4 Å². The zero-order valence-corrected chi connectivity index (χ0v) is 17.1. The molecule has 2 fully saturated rings. The van der Waals surface area contributed by atoms with Crippen LogP contribution in [0.5, 0.6) is 5.75 Å². The molecule has 1 heterocycles. The minimum Gasteiger partial charge on any atom is -0.490 e. The standard InChI is InChI=1S/C19H26FN3O5S/c1-13(15-6-7-16(20)17(10-15)28-12-14-4-5-14)22-29(26,27)9-3-2-8-23-11-18(24)21-19(23)25/h6-7,10,13-14,22H,2-5,8-9,11-12H2,1H3,(H,21,24,25)/t13-/m1/s1. The van der Waals surface area contributed by atoms with Gasteiger partial charge in [-0.1, -0.05) is 6.07 Å². The van der Waals surface area contributed by atoms with Gasteiger partial charge in [0.1, 0.15) is 6.54 Å². The molecule has 10 heteroatoms. The van der Waals surface area contributed by atoms with Crippen LogP contribution in [0.4, 0.5) is 9.18 Å². The lowest BCUT2D eigenvalue weighted by Gasteiger charge is -2.17. The van der Waals surface area contributed by atoms with E-state index in [1.54, 1.807) is 6.92 Å². The molecule has 0 aromatic heterocycles. The van der Waals surface area contributed by atoms with Crippen LogP contribution in [0, 0.1) is 11.7 Å². The number of hydrogen-bond donors (Lipinski definition) is 2. The second-order valence-electron chi connectivity index (χ2n) is 7.58. The summed E-state index contributed by atoms with van der Waals surface area (Å²) in [6.07, 6.45) is 3.00. The van der Waals surface area contributed by atoms with E-state index in [1.165, 1.54) is 23.1 Å². The molecule has 1 atom stereocenters. The number of hydrogen-bond acceptors (Lipinski definition) is 5. The largest absolute Gasteiger partial charge is 0.490 e. The molecule has 2 N–H and O–H groups in total. The lowest BCUT2D eigenvalue weighted by Crippen LogP contribution is -2.31. The summed E-state index contributed by atoms with van der Waals surface area (Å²) in [5.41, 5.74) is 0.619. The Morgan fingerprint density at radius 2 is 2.07 bits per heavy atom. The highest BCUT2D eigenvalue weighted by Crippen LogP contribution is 2.31. The molecule has 1 saturated heterocycles. The molecule has 8 nitrogen and oxygen atoms in total. The number of benzene rings is 1. The number of carbonyl (C=O) groups excluding carboxylic acids is 2. The number of sulfonamides is 1. The molecule has 1 aliphatic carbocycles. The van der Waals surface area contributed by atoms with Gasteiger partial charge in [-0.15, -0.1) is 0 Å². The second kappa shape index (κ2) is 9.08. The summed E-state index contributed by atoms with van der Waals surface area (Å²) < 4.78 is 46.7. The molecule has 0 unspecified atom stereocenters. The smallest absolute Gasteiger partial charge is 0.324 e. The number of nitrogens with one attached hydrogen (secondary N) is 2. The van der Waals surface area contributed by atoms with Crippen molar-refractivity contribution in [2.75, 3.05) is 25.4 Å². The Morgan fingerprint density at radius 3 is 2.72 bits per heavy atom. The minimum absolute atomic E-state index is 0.0105. The zero-order chi connectivity index (χ0) is 21.0. The number of urea groups is 1. The van der Waals surface area contributed by atoms with E-state index >= 15 is 0 Å². The Hall–Kier alpha value is -2.20. The highest BCUT2D eigenvalue weighted by Gasteiger charge is 2.26. The summed E-state index contributed by atoms with van der Waals surface area (Å²) in [6, 6.07) is 3.38. The molecule has 1 aromatic carbocycles. The third-order valence-electron chi connectivity index (χ3n) is 4.94. The van der Waals surface area contributed by atoms with E-state index in [0.29, 0.717) is 37.5 Å². The van der Waals surface area contributed by atoms with E-state index < -0.39 is 27.9 Å². The Balaban J connectivity index is 1.46. The third kappa shape index (κ3) is 6.40. The topological polar surface area (TPSA) is 105 Å². The maximum atomic E-state index is 13.9. The van der Waals surface area contributed by atoms with Crippen LogP contribution in [0.25, 0.3) is 0 Å². The first kappa shape index (κ1) is 21.5. The van der Waals surface area contributed by atoms with Gasteiger partial charge in [-0.25, -0.2) is 22.3 Å². The molecule has 1 aromatic rings. The normalized spacial score (nSPS) is 18.1. The van der Waals surface area contributed by atoms with Crippen molar-refractivity contribution in [3.63, 3.8) is 0 Å². The number of carbonyl (C=O) groups is 2. The van der Waals surface area contributed by atoms with E-state index in [-0.39, 0.29) is 24.0 Å². The molecule has 160 valence electrons. The van der Waals surface area contributed by atoms with Crippen LogP contribution in [0.15, 0.2) is 18.2 Å². The molecule has 1 aliphatic heterocycles. The molecule has 1 saturated carbocycles. The number of ether oxygens (including phenoxy) is 1. The Labute approximate surface area is 169 Å². The fourth-order valence-corrected chi connectivity index (χ4v) is 4.42. The van der Waals surface area contributed by atoms with Crippen LogP contribution in [0.1, 0.15) is 44.2 Å². The molecule has 2 aliphatic rings. The Bertz CT molecular complexity index is 873. The summed E-state index contributed by atoms with van der Waals surface area (Å²) in [4.78, 5) is 23.9. The average molecular weight is 427 g/mol. The molecular weight excluding hydrogens is 401 g/mol. The van der Waals surface area contributed by atoms with Gasteiger partial charge < -0.3 is 9.64 Å². The first-order valence-electron chi connectivity index (χ1n) is 9.74. The number of rotatable bonds is 11. The highest BCUT2D eigenvalue weighted by molar-refractivity contribution is 7.89. The van der Waals surface area contributed by atoms with Crippen molar-refractivity contribution in [1.82, 2.24) is 14.9 Å². The minimum atomic E-state index is -3.56. The maximum Gasteiger partial charge on any atom is 0.324 e. The van der Waals surface area contributed by atoms with E-state index in [0.717, 1.165) is 12.8 Å². The highest BCUT2D eigenvalue weighted by atomic mass is 32.2. The fraction of sp³-hybridized carbons (Fsp3) is 0.579. The summed E-state index contributed by atoms with van der Waals surface area (Å²) in [5.74, 6) is -0.295. The summed E-state index contributed by atoms with van der Waals surface area (Å²) in [7, 11) is -3.56. The number of halogens is 1. The van der Waals surface area contributed by atoms with Crippen molar-refractivity contribution in [1.29, 1.82) is 0 Å². The molecule has 3 rings (SSSR count). The Morgan fingerprint density at radius 1 is 1.31 bits per heavy atom. The summed E-state index contributed by atoms with van der Waals surface area (Å²) >= 11 is 0. The monoisotopic (exact) mass is 427 g/mol. The predicted molar refractivity (Wildman–Crippen MR) is 104 cm³/mol. The third-order valence-corrected chi connectivity index (χ3v) is 6.48. The zero-order valence-electron chi connectivity index (χ0n) is 16.3. The van der Waals surface area contributed by atoms with Crippen LogP contribution in [0.3, 0.4) is 0 Å². The van der Waals surface area contributed by atoms with Gasteiger partial charge in [-0.2, -0.15) is 0 Å². The van der Waals surface area contributed by atoms with Gasteiger partial charge in [0.2, 0.25) is 15.9 Å². The molecule has 29 heavy (non-hydrogen) atoms. The number of nitrogens with zero attached hydrogens (tertiary/aromatic N) is 1. The molecule has 3 amide bonds. The number of amides is 3. The SMILES string of the molecule is C[C@@H](NS(=O)(=O)CCCCN1CC(=O)NC1=O)c1ccc(F)c(OCC2CC2)c1. The fourth-order valence-electron chi connectivity index (χ4n) is 3.05. The van der Waals surface area contributed by atoms with Gasteiger partial charge in [0.05, 0.1) is 12.4 Å². The molecule has 0 radical (unpaired) electrons. The van der Waals surface area contributed by atoms with Crippen LogP contribution in [-0.4, -0.2) is 50.7 Å². The van der Waals surface area contributed by atoms with Gasteiger partial charge in [0.25, 0.3) is 0 Å². The summed E-state index contributed by atoms with van der Waals surface area (Å²) in [5, 5.41) is 2.18. The Kier molecular flexibility index (Phi) is 6.74. The summed E-state index contributed by atoms with van der Waals surface area (Å²) in [6.45, 7) is 2.50. The van der Waals surface area contributed by atoms with Crippen LogP contribution in [-0.2, 0) is 14.8 Å². The lowest BCUT2D eigenvalue weighted by molar-refractivity contribution is -0.118. The van der Waals surface area contributed by atoms with Crippen LogP contribution < -0.4 is 14.8 Å².